The Balaban J connectivity index is 2.13. The Bertz CT molecular complexity index is 579. The molecule has 0 aromatic carbocycles. The quantitative estimate of drug-likeness (QED) is 0.655. The van der Waals surface area contributed by atoms with Gasteiger partial charge in [0.1, 0.15) is 11.6 Å². The number of nitrogens with zero attached hydrogens (tertiary/aromatic N) is 4. The summed E-state index contributed by atoms with van der Waals surface area (Å²) < 4.78 is 1.87. The third-order valence-electron chi connectivity index (χ3n) is 2.62. The molecule has 0 aliphatic heterocycles. The predicted octanol–water partition coefficient (Wildman–Crippen LogP) is 1.64. The minimum absolute atomic E-state index is 0.0624. The molecule has 0 saturated carbocycles. The highest BCUT2D eigenvalue weighted by atomic mass is 16.6. The molecule has 7 heteroatoms. The van der Waals surface area contributed by atoms with Crippen LogP contribution in [0.1, 0.15) is 11.4 Å². The van der Waals surface area contributed by atoms with E-state index in [1.165, 1.54) is 12.3 Å². The average Bonchev–Trinajstić information content (AvgIpc) is 2.73. The summed E-state index contributed by atoms with van der Waals surface area (Å²) in [6.07, 6.45) is 5.02. The van der Waals surface area contributed by atoms with Crippen LogP contribution in [-0.2, 0) is 13.6 Å². The summed E-state index contributed by atoms with van der Waals surface area (Å²) in [5.74, 6) is 1.30. The first kappa shape index (κ1) is 12.0. The largest absolute Gasteiger partial charge is 0.363 e. The topological polar surface area (TPSA) is 85.9 Å². The van der Waals surface area contributed by atoms with Crippen LogP contribution in [0.3, 0.4) is 0 Å². The molecule has 0 unspecified atom stereocenters. The number of hydrogen-bond acceptors (Lipinski definition) is 5. The van der Waals surface area contributed by atoms with Crippen LogP contribution in [-0.4, -0.2) is 19.5 Å². The Kier molecular flexibility index (Phi) is 3.22. The van der Waals surface area contributed by atoms with Gasteiger partial charge in [0.15, 0.2) is 0 Å². The lowest BCUT2D eigenvalue weighted by atomic mass is 10.2. The second-order valence-corrected chi connectivity index (χ2v) is 3.92. The summed E-state index contributed by atoms with van der Waals surface area (Å²) in [7, 11) is 1.88. The van der Waals surface area contributed by atoms with Gasteiger partial charge in [0.25, 0.3) is 5.69 Å². The molecule has 2 heterocycles. The van der Waals surface area contributed by atoms with E-state index >= 15 is 0 Å². The number of aromatic nitrogens is 3. The zero-order valence-corrected chi connectivity index (χ0v) is 10.1. The van der Waals surface area contributed by atoms with E-state index in [0.29, 0.717) is 17.9 Å². The van der Waals surface area contributed by atoms with Crippen molar-refractivity contribution in [3.63, 3.8) is 0 Å². The average molecular weight is 247 g/mol. The van der Waals surface area contributed by atoms with Crippen LogP contribution in [0.2, 0.25) is 0 Å². The predicted molar refractivity (Wildman–Crippen MR) is 66.2 cm³/mol. The standard InChI is InChI=1S/C11H13N5O2/c1-8-6-13-10(5-9(8)16(17)18)14-7-11-12-3-4-15(11)2/h3-6H,7H2,1-2H3,(H,13,14). The van der Waals surface area contributed by atoms with Crippen LogP contribution in [0.5, 0.6) is 0 Å². The highest BCUT2D eigenvalue weighted by Gasteiger charge is 2.12. The molecule has 0 saturated heterocycles. The van der Waals surface area contributed by atoms with Gasteiger partial charge < -0.3 is 9.88 Å². The summed E-state index contributed by atoms with van der Waals surface area (Å²) >= 11 is 0. The number of nitro groups is 1. The Hall–Kier alpha value is -2.44. The number of aryl methyl sites for hydroxylation is 2. The van der Waals surface area contributed by atoms with Gasteiger partial charge in [-0.1, -0.05) is 0 Å². The number of anilines is 1. The maximum atomic E-state index is 10.8. The van der Waals surface area contributed by atoms with E-state index in [4.69, 9.17) is 0 Å². The van der Waals surface area contributed by atoms with Gasteiger partial charge in [0.2, 0.25) is 0 Å². The van der Waals surface area contributed by atoms with Gasteiger partial charge in [-0.05, 0) is 6.92 Å². The minimum Gasteiger partial charge on any atom is -0.363 e. The first-order chi connectivity index (χ1) is 8.58. The fraction of sp³-hybridized carbons (Fsp3) is 0.273. The molecular formula is C11H13N5O2. The summed E-state index contributed by atoms with van der Waals surface area (Å²) in [6.45, 7) is 2.13. The molecule has 0 aliphatic rings. The van der Waals surface area contributed by atoms with Crippen LogP contribution in [0.15, 0.2) is 24.7 Å². The fourth-order valence-electron chi connectivity index (χ4n) is 1.54. The van der Waals surface area contributed by atoms with Crippen molar-refractivity contribution < 1.29 is 4.92 Å². The highest BCUT2D eigenvalue weighted by molar-refractivity contribution is 5.48. The van der Waals surface area contributed by atoms with E-state index in [1.54, 1.807) is 13.1 Å². The van der Waals surface area contributed by atoms with Gasteiger partial charge in [-0.25, -0.2) is 9.97 Å². The van der Waals surface area contributed by atoms with Gasteiger partial charge in [-0.3, -0.25) is 10.1 Å². The van der Waals surface area contributed by atoms with Crippen molar-refractivity contribution >= 4 is 11.5 Å². The molecule has 0 radical (unpaired) electrons. The monoisotopic (exact) mass is 247 g/mol. The first-order valence-corrected chi connectivity index (χ1v) is 5.39. The smallest absolute Gasteiger partial charge is 0.277 e. The lowest BCUT2D eigenvalue weighted by Crippen LogP contribution is -2.07. The summed E-state index contributed by atoms with van der Waals surface area (Å²) in [4.78, 5) is 18.6. The van der Waals surface area contributed by atoms with Crippen molar-refractivity contribution in [1.29, 1.82) is 0 Å². The lowest BCUT2D eigenvalue weighted by molar-refractivity contribution is -0.385. The van der Waals surface area contributed by atoms with E-state index in [-0.39, 0.29) is 5.69 Å². The van der Waals surface area contributed by atoms with Crippen LogP contribution >= 0.6 is 0 Å². The van der Waals surface area contributed by atoms with E-state index in [0.717, 1.165) is 5.82 Å². The Morgan fingerprint density at radius 1 is 1.50 bits per heavy atom. The molecule has 0 bridgehead atoms. The highest BCUT2D eigenvalue weighted by Crippen LogP contribution is 2.19. The fourth-order valence-corrected chi connectivity index (χ4v) is 1.54. The molecular weight excluding hydrogens is 234 g/mol. The number of pyridine rings is 1. The molecule has 0 atom stereocenters. The lowest BCUT2D eigenvalue weighted by Gasteiger charge is -2.06. The molecule has 1 N–H and O–H groups in total. The van der Waals surface area contributed by atoms with E-state index < -0.39 is 4.92 Å². The maximum Gasteiger partial charge on any atom is 0.277 e. The Labute approximate surface area is 104 Å². The second kappa shape index (κ2) is 4.82. The number of hydrogen-bond donors (Lipinski definition) is 1. The van der Waals surface area contributed by atoms with Gasteiger partial charge in [0.05, 0.1) is 17.5 Å². The number of imidazole rings is 1. The molecule has 0 amide bonds. The first-order valence-electron chi connectivity index (χ1n) is 5.39. The SMILES string of the molecule is Cc1cnc(NCc2nccn2C)cc1[N+](=O)[O-]. The molecule has 2 aromatic rings. The molecule has 7 nitrogen and oxygen atoms in total. The van der Waals surface area contributed by atoms with Crippen molar-refractivity contribution in [1.82, 2.24) is 14.5 Å². The van der Waals surface area contributed by atoms with Crippen LogP contribution in [0, 0.1) is 17.0 Å². The zero-order valence-electron chi connectivity index (χ0n) is 10.1. The molecule has 18 heavy (non-hydrogen) atoms. The molecule has 0 spiro atoms. The summed E-state index contributed by atoms with van der Waals surface area (Å²) in [5.41, 5.74) is 0.606. The minimum atomic E-state index is -0.414. The maximum absolute atomic E-state index is 10.8. The van der Waals surface area contributed by atoms with Crippen molar-refractivity contribution in [3.05, 3.63) is 46.2 Å². The van der Waals surface area contributed by atoms with Crippen molar-refractivity contribution in [3.8, 4) is 0 Å². The second-order valence-electron chi connectivity index (χ2n) is 3.92. The van der Waals surface area contributed by atoms with Crippen molar-refractivity contribution in [2.75, 3.05) is 5.32 Å². The van der Waals surface area contributed by atoms with Crippen molar-refractivity contribution in [2.45, 2.75) is 13.5 Å². The molecule has 2 aromatic heterocycles. The van der Waals surface area contributed by atoms with E-state index in [1.807, 2.05) is 17.8 Å². The third-order valence-corrected chi connectivity index (χ3v) is 2.62. The summed E-state index contributed by atoms with van der Waals surface area (Å²) in [5, 5.41) is 13.8. The zero-order chi connectivity index (χ0) is 13.1. The van der Waals surface area contributed by atoms with Crippen LogP contribution in [0.25, 0.3) is 0 Å². The third kappa shape index (κ3) is 2.45. The van der Waals surface area contributed by atoms with E-state index in [2.05, 4.69) is 15.3 Å². The molecule has 2 rings (SSSR count). The summed E-state index contributed by atoms with van der Waals surface area (Å²) in [6, 6.07) is 1.43. The number of rotatable bonds is 4. The Morgan fingerprint density at radius 2 is 2.28 bits per heavy atom. The Morgan fingerprint density at radius 3 is 2.89 bits per heavy atom. The molecule has 94 valence electrons. The van der Waals surface area contributed by atoms with Crippen molar-refractivity contribution in [2.24, 2.45) is 7.05 Å². The van der Waals surface area contributed by atoms with Gasteiger partial charge in [-0.2, -0.15) is 0 Å². The molecule has 0 fully saturated rings. The molecule has 0 aliphatic carbocycles. The van der Waals surface area contributed by atoms with E-state index in [9.17, 15) is 10.1 Å². The van der Waals surface area contributed by atoms with Gasteiger partial charge in [-0.15, -0.1) is 0 Å². The van der Waals surface area contributed by atoms with Crippen LogP contribution < -0.4 is 5.32 Å². The number of nitrogens with one attached hydrogen (secondary N) is 1. The van der Waals surface area contributed by atoms with Gasteiger partial charge in [0, 0.05) is 31.2 Å². The van der Waals surface area contributed by atoms with Gasteiger partial charge >= 0.3 is 0 Å². The normalized spacial score (nSPS) is 10.3. The van der Waals surface area contributed by atoms with Crippen LogP contribution in [0.4, 0.5) is 11.5 Å².